The van der Waals surface area contributed by atoms with Crippen molar-refractivity contribution in [1.82, 2.24) is 9.55 Å². The molecule has 0 spiro atoms. The minimum atomic E-state index is 0.873. The Hall–Kier alpha value is -0.610. The van der Waals surface area contributed by atoms with Gasteiger partial charge in [0, 0.05) is 28.6 Å². The zero-order valence-corrected chi connectivity index (χ0v) is 12.8. The van der Waals surface area contributed by atoms with Crippen LogP contribution in [0.15, 0.2) is 35.1 Å². The second-order valence-electron chi connectivity index (χ2n) is 3.88. The summed E-state index contributed by atoms with van der Waals surface area (Å²) in [4.78, 5) is 4.40. The second kappa shape index (κ2) is 5.83. The van der Waals surface area contributed by atoms with Crippen molar-refractivity contribution in [3.05, 3.63) is 46.5 Å². The number of imidazole rings is 1. The van der Waals surface area contributed by atoms with Crippen LogP contribution in [0.3, 0.4) is 0 Å². The highest BCUT2D eigenvalue weighted by Gasteiger charge is 2.07. The maximum absolute atomic E-state index is 4.40. The molecule has 0 bridgehead atoms. The molecule has 2 rings (SSSR count). The third kappa shape index (κ3) is 2.80. The number of alkyl halides is 1. The Morgan fingerprint density at radius 3 is 2.82 bits per heavy atom. The number of rotatable bonds is 4. The largest absolute Gasteiger partial charge is 0.303 e. The normalized spacial score (nSPS) is 10.8. The van der Waals surface area contributed by atoms with E-state index in [4.69, 9.17) is 0 Å². The van der Waals surface area contributed by atoms with E-state index in [-0.39, 0.29) is 0 Å². The monoisotopic (exact) mass is 356 g/mol. The van der Waals surface area contributed by atoms with Crippen LogP contribution in [0.25, 0.3) is 5.69 Å². The lowest BCUT2D eigenvalue weighted by Crippen LogP contribution is -2.01. The van der Waals surface area contributed by atoms with Gasteiger partial charge in [0.15, 0.2) is 0 Å². The highest BCUT2D eigenvalue weighted by atomic mass is 79.9. The topological polar surface area (TPSA) is 17.8 Å². The van der Waals surface area contributed by atoms with Crippen LogP contribution in [0.4, 0.5) is 0 Å². The number of nitrogens with zero attached hydrogens (tertiary/aromatic N) is 2. The number of halogens is 2. The van der Waals surface area contributed by atoms with Crippen LogP contribution in [0, 0.1) is 0 Å². The van der Waals surface area contributed by atoms with Crippen LogP contribution in [-0.4, -0.2) is 9.55 Å². The molecular weight excluding hydrogens is 344 g/mol. The van der Waals surface area contributed by atoms with Crippen LogP contribution in [-0.2, 0) is 11.8 Å². The molecule has 1 aromatic carbocycles. The Kier molecular flexibility index (Phi) is 4.40. The number of hydrogen-bond acceptors (Lipinski definition) is 1. The first kappa shape index (κ1) is 12.8. The molecule has 1 heterocycles. The Labute approximate surface area is 118 Å². The van der Waals surface area contributed by atoms with Crippen molar-refractivity contribution in [3.63, 3.8) is 0 Å². The molecule has 2 nitrogen and oxygen atoms in total. The molecule has 2 aromatic rings. The number of hydrogen-bond donors (Lipinski definition) is 0. The fourth-order valence-electron chi connectivity index (χ4n) is 1.79. The Bertz CT molecular complexity index is 506. The zero-order valence-electron chi connectivity index (χ0n) is 9.66. The molecule has 0 aliphatic carbocycles. The van der Waals surface area contributed by atoms with E-state index < -0.39 is 0 Å². The second-order valence-corrected chi connectivity index (χ2v) is 5.30. The van der Waals surface area contributed by atoms with Gasteiger partial charge < -0.3 is 4.57 Å². The van der Waals surface area contributed by atoms with E-state index in [1.54, 1.807) is 0 Å². The molecule has 0 atom stereocenters. The summed E-state index contributed by atoms with van der Waals surface area (Å²) in [6, 6.07) is 6.39. The average molecular weight is 358 g/mol. The number of benzene rings is 1. The minimum Gasteiger partial charge on any atom is -0.303 e. The summed E-state index contributed by atoms with van der Waals surface area (Å²) in [7, 11) is 0. The molecule has 0 N–H and O–H groups in total. The molecule has 0 fully saturated rings. The van der Waals surface area contributed by atoms with Crippen LogP contribution < -0.4 is 0 Å². The smallest absolute Gasteiger partial charge is 0.113 e. The predicted octanol–water partition coefficient (Wildman–Crippen LogP) is 4.48. The van der Waals surface area contributed by atoms with E-state index in [1.165, 1.54) is 5.56 Å². The fraction of sp³-hybridized carbons (Fsp3) is 0.308. The van der Waals surface area contributed by atoms with Gasteiger partial charge in [-0.1, -0.05) is 28.9 Å². The van der Waals surface area contributed by atoms with Crippen molar-refractivity contribution in [2.75, 3.05) is 0 Å². The summed E-state index contributed by atoms with van der Waals surface area (Å²) >= 11 is 7.09. The summed E-state index contributed by atoms with van der Waals surface area (Å²) in [5.74, 6) is 1.11. The molecule has 0 aliphatic heterocycles. The first-order valence-electron chi connectivity index (χ1n) is 5.63. The third-order valence-electron chi connectivity index (χ3n) is 2.62. The fourth-order valence-corrected chi connectivity index (χ4v) is 2.76. The molecule has 0 aliphatic rings. The van der Waals surface area contributed by atoms with Crippen LogP contribution in [0.2, 0.25) is 0 Å². The van der Waals surface area contributed by atoms with Gasteiger partial charge in [0.25, 0.3) is 0 Å². The van der Waals surface area contributed by atoms with Gasteiger partial charge in [0.1, 0.15) is 5.82 Å². The molecule has 90 valence electrons. The quantitative estimate of drug-likeness (QED) is 0.737. The lowest BCUT2D eigenvalue weighted by molar-refractivity contribution is 0.808. The van der Waals surface area contributed by atoms with Gasteiger partial charge in [-0.2, -0.15) is 0 Å². The van der Waals surface area contributed by atoms with Gasteiger partial charge in [-0.15, -0.1) is 0 Å². The van der Waals surface area contributed by atoms with Crippen molar-refractivity contribution in [2.45, 2.75) is 25.1 Å². The van der Waals surface area contributed by atoms with Gasteiger partial charge in [-0.05, 0) is 40.0 Å². The molecule has 0 radical (unpaired) electrons. The van der Waals surface area contributed by atoms with Gasteiger partial charge in [0.2, 0.25) is 0 Å². The van der Waals surface area contributed by atoms with Crippen molar-refractivity contribution in [2.24, 2.45) is 0 Å². The van der Waals surface area contributed by atoms with Gasteiger partial charge >= 0.3 is 0 Å². The molecule has 17 heavy (non-hydrogen) atoms. The average Bonchev–Trinajstić information content (AvgIpc) is 2.77. The lowest BCUT2D eigenvalue weighted by atomic mass is 10.2. The third-order valence-corrected chi connectivity index (χ3v) is 3.90. The SMILES string of the molecule is CCCc1nccn1-c1ccc(CBr)cc1Br. The Balaban J connectivity index is 2.42. The summed E-state index contributed by atoms with van der Waals surface area (Å²) in [5, 5.41) is 0.873. The van der Waals surface area contributed by atoms with Gasteiger partial charge in [0.05, 0.1) is 5.69 Å². The van der Waals surface area contributed by atoms with E-state index in [0.717, 1.165) is 34.2 Å². The maximum Gasteiger partial charge on any atom is 0.113 e. The molecule has 0 saturated heterocycles. The van der Waals surface area contributed by atoms with Crippen molar-refractivity contribution in [1.29, 1.82) is 0 Å². The van der Waals surface area contributed by atoms with Crippen molar-refractivity contribution in [3.8, 4) is 5.69 Å². The van der Waals surface area contributed by atoms with Gasteiger partial charge in [-0.3, -0.25) is 0 Å². The van der Waals surface area contributed by atoms with Gasteiger partial charge in [-0.25, -0.2) is 4.98 Å². The standard InChI is InChI=1S/C13H14Br2N2/c1-2-3-13-16-6-7-17(13)12-5-4-10(9-14)8-11(12)15/h4-8H,2-3,9H2,1H3. The molecule has 0 saturated carbocycles. The van der Waals surface area contributed by atoms with E-state index in [1.807, 2.05) is 12.4 Å². The lowest BCUT2D eigenvalue weighted by Gasteiger charge is -2.10. The van der Waals surface area contributed by atoms with E-state index in [2.05, 4.69) is 66.5 Å². The minimum absolute atomic E-state index is 0.873. The predicted molar refractivity (Wildman–Crippen MR) is 77.9 cm³/mol. The molecule has 4 heteroatoms. The summed E-state index contributed by atoms with van der Waals surface area (Å²) in [5.41, 5.74) is 2.41. The van der Waals surface area contributed by atoms with Crippen molar-refractivity contribution >= 4 is 31.9 Å². The summed E-state index contributed by atoms with van der Waals surface area (Å²) in [6.45, 7) is 2.17. The van der Waals surface area contributed by atoms with Crippen LogP contribution >= 0.6 is 31.9 Å². The van der Waals surface area contributed by atoms with E-state index >= 15 is 0 Å². The molecule has 0 unspecified atom stereocenters. The van der Waals surface area contributed by atoms with Crippen molar-refractivity contribution < 1.29 is 0 Å². The Morgan fingerprint density at radius 2 is 2.18 bits per heavy atom. The highest BCUT2D eigenvalue weighted by molar-refractivity contribution is 9.10. The highest BCUT2D eigenvalue weighted by Crippen LogP contribution is 2.24. The summed E-state index contributed by atoms with van der Waals surface area (Å²) in [6.07, 6.45) is 5.97. The zero-order chi connectivity index (χ0) is 12.3. The maximum atomic E-state index is 4.40. The number of aryl methyl sites for hydroxylation is 1. The number of aromatic nitrogens is 2. The molecular formula is C13H14Br2N2. The van der Waals surface area contributed by atoms with E-state index in [0.29, 0.717) is 0 Å². The van der Waals surface area contributed by atoms with E-state index in [9.17, 15) is 0 Å². The summed E-state index contributed by atoms with van der Waals surface area (Å²) < 4.78 is 3.25. The van der Waals surface area contributed by atoms with Crippen LogP contribution in [0.5, 0.6) is 0 Å². The van der Waals surface area contributed by atoms with Crippen LogP contribution in [0.1, 0.15) is 24.7 Å². The first-order chi connectivity index (χ1) is 8.26. The first-order valence-corrected chi connectivity index (χ1v) is 7.54. The molecule has 1 aromatic heterocycles. The molecule has 0 amide bonds. The Morgan fingerprint density at radius 1 is 1.35 bits per heavy atom.